The third kappa shape index (κ3) is 2.59. The Kier molecular flexibility index (Phi) is 3.29. The van der Waals surface area contributed by atoms with Gasteiger partial charge in [0.2, 0.25) is 0 Å². The Morgan fingerprint density at radius 3 is 2.65 bits per heavy atom. The summed E-state index contributed by atoms with van der Waals surface area (Å²) in [5, 5.41) is 9.33. The van der Waals surface area contributed by atoms with Crippen molar-refractivity contribution in [2.24, 2.45) is 4.99 Å². The van der Waals surface area contributed by atoms with Gasteiger partial charge in [-0.3, -0.25) is 9.98 Å². The number of phenolic OH excluding ortho intramolecular Hbond substituents is 1. The first-order valence-electron chi connectivity index (χ1n) is 6.24. The van der Waals surface area contributed by atoms with E-state index in [1.165, 1.54) is 0 Å². The van der Waals surface area contributed by atoms with Crippen LogP contribution in [0.3, 0.4) is 0 Å². The topological polar surface area (TPSA) is 50.4 Å². The molecule has 0 unspecified atom stereocenters. The molecule has 0 saturated heterocycles. The molecule has 4 nitrogen and oxygen atoms in total. The zero-order valence-corrected chi connectivity index (χ0v) is 10.7. The molecule has 1 aromatic carbocycles. The molecular formula is C16H13N3O. The van der Waals surface area contributed by atoms with Crippen molar-refractivity contribution in [3.63, 3.8) is 0 Å². The fourth-order valence-corrected chi connectivity index (χ4v) is 1.92. The molecule has 2 aromatic heterocycles. The third-order valence-electron chi connectivity index (χ3n) is 2.90. The Morgan fingerprint density at radius 2 is 1.90 bits per heavy atom. The summed E-state index contributed by atoms with van der Waals surface area (Å²) >= 11 is 0. The number of hydrogen-bond acceptors (Lipinski definition) is 3. The van der Waals surface area contributed by atoms with Gasteiger partial charge in [0.15, 0.2) is 0 Å². The van der Waals surface area contributed by atoms with E-state index in [0.717, 1.165) is 17.1 Å². The number of aromatic hydroxyl groups is 1. The van der Waals surface area contributed by atoms with Crippen molar-refractivity contribution in [2.45, 2.75) is 0 Å². The van der Waals surface area contributed by atoms with Gasteiger partial charge < -0.3 is 9.67 Å². The second-order valence-corrected chi connectivity index (χ2v) is 4.29. The molecule has 0 bridgehead atoms. The monoisotopic (exact) mass is 263 g/mol. The van der Waals surface area contributed by atoms with E-state index in [-0.39, 0.29) is 5.75 Å². The summed E-state index contributed by atoms with van der Waals surface area (Å²) in [6.07, 6.45) is 7.18. The highest BCUT2D eigenvalue weighted by Crippen LogP contribution is 2.16. The molecule has 3 rings (SSSR count). The predicted molar refractivity (Wildman–Crippen MR) is 78.9 cm³/mol. The van der Waals surface area contributed by atoms with Crippen LogP contribution < -0.4 is 0 Å². The quantitative estimate of drug-likeness (QED) is 0.737. The van der Waals surface area contributed by atoms with Gasteiger partial charge in [0.1, 0.15) is 5.75 Å². The molecule has 0 aliphatic carbocycles. The highest BCUT2D eigenvalue weighted by molar-refractivity contribution is 5.81. The molecule has 0 spiro atoms. The molecule has 0 aliphatic heterocycles. The smallest absolute Gasteiger partial charge is 0.115 e. The summed E-state index contributed by atoms with van der Waals surface area (Å²) < 4.78 is 2.00. The Bertz CT molecular complexity index is 715. The fourth-order valence-electron chi connectivity index (χ4n) is 1.92. The summed E-state index contributed by atoms with van der Waals surface area (Å²) in [7, 11) is 0. The molecule has 0 atom stereocenters. The highest BCUT2D eigenvalue weighted by Gasteiger charge is 2.01. The molecular weight excluding hydrogens is 250 g/mol. The van der Waals surface area contributed by atoms with E-state index < -0.39 is 0 Å². The van der Waals surface area contributed by atoms with Crippen molar-refractivity contribution in [3.05, 3.63) is 72.8 Å². The van der Waals surface area contributed by atoms with Gasteiger partial charge in [-0.2, -0.15) is 0 Å². The second kappa shape index (κ2) is 5.40. The maximum absolute atomic E-state index is 9.33. The van der Waals surface area contributed by atoms with E-state index in [9.17, 15) is 5.11 Å². The second-order valence-electron chi connectivity index (χ2n) is 4.29. The Morgan fingerprint density at radius 1 is 1.05 bits per heavy atom. The minimum absolute atomic E-state index is 0.256. The number of nitrogens with zero attached hydrogens (tertiary/aromatic N) is 3. The van der Waals surface area contributed by atoms with Crippen LogP contribution in [0, 0.1) is 0 Å². The lowest BCUT2D eigenvalue weighted by Crippen LogP contribution is -1.97. The summed E-state index contributed by atoms with van der Waals surface area (Å²) in [4.78, 5) is 8.42. The fraction of sp³-hybridized carbons (Fsp3) is 0. The van der Waals surface area contributed by atoms with Crippen molar-refractivity contribution >= 4 is 11.9 Å². The number of aliphatic imine (C=N–C) groups is 1. The van der Waals surface area contributed by atoms with Gasteiger partial charge in [0.25, 0.3) is 0 Å². The number of pyridine rings is 1. The Labute approximate surface area is 116 Å². The number of aromatic nitrogens is 2. The van der Waals surface area contributed by atoms with Crippen molar-refractivity contribution in [1.82, 2.24) is 9.55 Å². The van der Waals surface area contributed by atoms with E-state index in [4.69, 9.17) is 0 Å². The van der Waals surface area contributed by atoms with Crippen molar-refractivity contribution in [1.29, 1.82) is 0 Å². The average molecular weight is 263 g/mol. The minimum Gasteiger partial charge on any atom is -0.508 e. The van der Waals surface area contributed by atoms with Crippen LogP contribution in [0.15, 0.2) is 72.1 Å². The number of phenols is 1. The first-order chi connectivity index (χ1) is 9.83. The van der Waals surface area contributed by atoms with Gasteiger partial charge in [-0.1, -0.05) is 0 Å². The molecule has 0 aliphatic rings. The molecule has 4 heteroatoms. The number of benzene rings is 1. The van der Waals surface area contributed by atoms with E-state index in [2.05, 4.69) is 9.98 Å². The van der Waals surface area contributed by atoms with Crippen molar-refractivity contribution < 1.29 is 5.11 Å². The van der Waals surface area contributed by atoms with E-state index in [1.807, 2.05) is 47.2 Å². The van der Waals surface area contributed by atoms with Crippen LogP contribution >= 0.6 is 0 Å². The molecule has 0 fully saturated rings. The van der Waals surface area contributed by atoms with E-state index in [0.29, 0.717) is 0 Å². The van der Waals surface area contributed by atoms with Gasteiger partial charge in [-0.05, 0) is 48.5 Å². The van der Waals surface area contributed by atoms with Crippen LogP contribution in [-0.2, 0) is 0 Å². The molecule has 0 amide bonds. The maximum Gasteiger partial charge on any atom is 0.115 e. The SMILES string of the molecule is Oc1ccc(-n2cccc2C=Nc2cccnc2)cc1. The molecule has 2 heterocycles. The first-order valence-corrected chi connectivity index (χ1v) is 6.24. The van der Waals surface area contributed by atoms with E-state index >= 15 is 0 Å². The van der Waals surface area contributed by atoms with Gasteiger partial charge >= 0.3 is 0 Å². The lowest BCUT2D eigenvalue weighted by Gasteiger charge is -2.06. The first kappa shape index (κ1) is 12.2. The van der Waals surface area contributed by atoms with Crippen LogP contribution in [0.5, 0.6) is 5.75 Å². The van der Waals surface area contributed by atoms with Crippen LogP contribution in [0.25, 0.3) is 5.69 Å². The Balaban J connectivity index is 1.91. The van der Waals surface area contributed by atoms with Crippen LogP contribution in [-0.4, -0.2) is 20.9 Å². The normalized spacial score (nSPS) is 11.0. The van der Waals surface area contributed by atoms with Gasteiger partial charge in [0, 0.05) is 18.1 Å². The Hall–Kier alpha value is -2.88. The average Bonchev–Trinajstić information content (AvgIpc) is 2.95. The van der Waals surface area contributed by atoms with Gasteiger partial charge in [-0.25, -0.2) is 0 Å². The van der Waals surface area contributed by atoms with E-state index in [1.54, 1.807) is 30.7 Å². The summed E-state index contributed by atoms with van der Waals surface area (Å²) in [6.45, 7) is 0. The number of hydrogen-bond donors (Lipinski definition) is 1. The predicted octanol–water partition coefficient (Wildman–Crippen LogP) is 3.33. The van der Waals surface area contributed by atoms with Gasteiger partial charge in [0.05, 0.1) is 23.8 Å². The molecule has 0 radical (unpaired) electrons. The highest BCUT2D eigenvalue weighted by atomic mass is 16.3. The standard InChI is InChI=1S/C16H13N3O/c20-16-7-5-14(6-8-16)19-10-2-4-15(19)12-18-13-3-1-9-17-11-13/h1-12,20H. The largest absolute Gasteiger partial charge is 0.508 e. The summed E-state index contributed by atoms with van der Waals surface area (Å²) in [5.74, 6) is 0.256. The zero-order chi connectivity index (χ0) is 13.8. The maximum atomic E-state index is 9.33. The third-order valence-corrected chi connectivity index (χ3v) is 2.90. The zero-order valence-electron chi connectivity index (χ0n) is 10.7. The van der Waals surface area contributed by atoms with Gasteiger partial charge in [-0.15, -0.1) is 0 Å². The summed E-state index contributed by atoms with van der Waals surface area (Å²) in [5.41, 5.74) is 2.74. The van der Waals surface area contributed by atoms with Crippen LogP contribution in [0.2, 0.25) is 0 Å². The molecule has 20 heavy (non-hydrogen) atoms. The minimum atomic E-state index is 0.256. The molecule has 3 aromatic rings. The van der Waals surface area contributed by atoms with Crippen LogP contribution in [0.4, 0.5) is 5.69 Å². The molecule has 98 valence electrons. The van der Waals surface area contributed by atoms with Crippen LogP contribution in [0.1, 0.15) is 5.69 Å². The molecule has 0 saturated carbocycles. The van der Waals surface area contributed by atoms with Crippen molar-refractivity contribution in [3.8, 4) is 11.4 Å². The number of rotatable bonds is 3. The molecule has 1 N–H and O–H groups in total. The summed E-state index contributed by atoms with van der Waals surface area (Å²) in [6, 6.07) is 14.7. The lowest BCUT2D eigenvalue weighted by atomic mass is 10.3. The van der Waals surface area contributed by atoms with Crippen molar-refractivity contribution in [2.75, 3.05) is 0 Å². The lowest BCUT2D eigenvalue weighted by molar-refractivity contribution is 0.475.